The summed E-state index contributed by atoms with van der Waals surface area (Å²) < 4.78 is 27.5. The quantitative estimate of drug-likeness (QED) is 0.753. The van der Waals surface area contributed by atoms with Crippen LogP contribution in [-0.2, 0) is 0 Å². The number of rotatable bonds is 3. The number of halogens is 2. The Morgan fingerprint density at radius 2 is 1.95 bits per heavy atom. The van der Waals surface area contributed by atoms with E-state index in [1.165, 1.54) is 31.2 Å². The number of anilines is 3. The minimum Gasteiger partial charge on any atom is -0.478 e. The maximum Gasteiger partial charge on any atom is 0.337 e. The van der Waals surface area contributed by atoms with E-state index in [1.807, 2.05) is 0 Å². The van der Waals surface area contributed by atoms with E-state index >= 15 is 0 Å². The van der Waals surface area contributed by atoms with Crippen molar-refractivity contribution < 1.29 is 18.7 Å². The lowest BCUT2D eigenvalue weighted by Crippen LogP contribution is -2.06. The van der Waals surface area contributed by atoms with Gasteiger partial charge in [0, 0.05) is 5.69 Å². The van der Waals surface area contributed by atoms with Crippen LogP contribution in [0.1, 0.15) is 15.9 Å². The van der Waals surface area contributed by atoms with Gasteiger partial charge >= 0.3 is 5.97 Å². The fraction of sp³-hybridized carbons (Fsp3) is 0.0714. The van der Waals surface area contributed by atoms with Crippen molar-refractivity contribution in [2.75, 3.05) is 11.1 Å². The van der Waals surface area contributed by atoms with E-state index in [4.69, 9.17) is 10.8 Å². The van der Waals surface area contributed by atoms with Gasteiger partial charge < -0.3 is 16.2 Å². The molecule has 0 amide bonds. The highest BCUT2D eigenvalue weighted by Gasteiger charge is 2.16. The number of aryl methyl sites for hydroxylation is 1. The molecule has 0 saturated carbocycles. The zero-order valence-electron chi connectivity index (χ0n) is 10.6. The van der Waals surface area contributed by atoms with Crippen LogP contribution >= 0.6 is 0 Å². The molecule has 4 N–H and O–H groups in total. The van der Waals surface area contributed by atoms with Crippen LogP contribution in [0.4, 0.5) is 25.8 Å². The van der Waals surface area contributed by atoms with Crippen LogP contribution in [0.2, 0.25) is 0 Å². The third kappa shape index (κ3) is 2.54. The van der Waals surface area contributed by atoms with Gasteiger partial charge in [0.05, 0.1) is 11.3 Å². The topological polar surface area (TPSA) is 75.3 Å². The predicted octanol–water partition coefficient (Wildman–Crippen LogP) is 3.30. The Balaban J connectivity index is 2.51. The molecule has 0 bridgehead atoms. The first-order valence-electron chi connectivity index (χ1n) is 5.74. The molecule has 2 aromatic carbocycles. The maximum absolute atomic E-state index is 13.9. The van der Waals surface area contributed by atoms with E-state index in [0.717, 1.165) is 6.07 Å². The van der Waals surface area contributed by atoms with Crippen molar-refractivity contribution in [3.8, 4) is 0 Å². The normalized spacial score (nSPS) is 10.3. The summed E-state index contributed by atoms with van der Waals surface area (Å²) in [4.78, 5) is 11.1. The molecule has 0 spiro atoms. The van der Waals surface area contributed by atoms with Crippen molar-refractivity contribution in [1.29, 1.82) is 0 Å². The van der Waals surface area contributed by atoms with Gasteiger partial charge in [-0.25, -0.2) is 13.6 Å². The molecule has 4 nitrogen and oxygen atoms in total. The number of carboxylic acids is 1. The molecule has 2 aromatic rings. The predicted molar refractivity (Wildman–Crippen MR) is 72.2 cm³/mol. The minimum atomic E-state index is -1.24. The summed E-state index contributed by atoms with van der Waals surface area (Å²) >= 11 is 0. The Labute approximate surface area is 113 Å². The Hall–Kier alpha value is -2.63. The van der Waals surface area contributed by atoms with Gasteiger partial charge in [-0.1, -0.05) is 6.07 Å². The van der Waals surface area contributed by atoms with Crippen LogP contribution in [0.25, 0.3) is 0 Å². The molecule has 0 unspecified atom stereocenters. The SMILES string of the molecule is Cc1ccc(F)c(Nc2ccc(N)cc2C(=O)O)c1F. The fourth-order valence-electron chi connectivity index (χ4n) is 1.75. The highest BCUT2D eigenvalue weighted by Crippen LogP contribution is 2.28. The average Bonchev–Trinajstić information content (AvgIpc) is 2.40. The molecule has 0 aromatic heterocycles. The number of benzene rings is 2. The summed E-state index contributed by atoms with van der Waals surface area (Å²) in [5.41, 5.74) is 5.51. The number of hydrogen-bond acceptors (Lipinski definition) is 3. The molecule has 0 aliphatic rings. The molecular weight excluding hydrogens is 266 g/mol. The molecule has 20 heavy (non-hydrogen) atoms. The average molecular weight is 278 g/mol. The molecule has 0 aliphatic carbocycles. The Morgan fingerprint density at radius 3 is 2.60 bits per heavy atom. The minimum absolute atomic E-state index is 0.0649. The van der Waals surface area contributed by atoms with Crippen LogP contribution in [0.3, 0.4) is 0 Å². The second-order valence-corrected chi connectivity index (χ2v) is 4.29. The fourth-order valence-corrected chi connectivity index (χ4v) is 1.75. The van der Waals surface area contributed by atoms with Crippen LogP contribution < -0.4 is 11.1 Å². The molecule has 6 heteroatoms. The standard InChI is InChI=1S/C14H12F2N2O2/c1-7-2-4-10(15)13(12(7)16)18-11-5-3-8(17)6-9(11)14(19)20/h2-6,18H,17H2,1H3,(H,19,20). The highest BCUT2D eigenvalue weighted by molar-refractivity contribution is 5.96. The van der Waals surface area contributed by atoms with Crippen LogP contribution in [0, 0.1) is 18.6 Å². The molecule has 104 valence electrons. The number of aromatic carboxylic acids is 1. The Bertz CT molecular complexity index is 687. The number of carbonyl (C=O) groups is 1. The van der Waals surface area contributed by atoms with Crippen molar-refractivity contribution in [3.63, 3.8) is 0 Å². The van der Waals surface area contributed by atoms with Crippen molar-refractivity contribution in [3.05, 3.63) is 53.1 Å². The first-order valence-corrected chi connectivity index (χ1v) is 5.74. The summed E-state index contributed by atoms with van der Waals surface area (Å²) in [6.45, 7) is 1.49. The third-order valence-corrected chi connectivity index (χ3v) is 2.82. The zero-order valence-corrected chi connectivity index (χ0v) is 10.6. The van der Waals surface area contributed by atoms with Crippen LogP contribution in [0.5, 0.6) is 0 Å². The van der Waals surface area contributed by atoms with Crippen molar-refractivity contribution in [1.82, 2.24) is 0 Å². The van der Waals surface area contributed by atoms with E-state index < -0.39 is 23.3 Å². The molecular formula is C14H12F2N2O2. The number of nitrogen functional groups attached to an aromatic ring is 1. The lowest BCUT2D eigenvalue weighted by molar-refractivity contribution is 0.0698. The second kappa shape index (κ2) is 5.16. The monoisotopic (exact) mass is 278 g/mol. The summed E-state index contributed by atoms with van der Waals surface area (Å²) in [6, 6.07) is 6.44. The summed E-state index contributed by atoms with van der Waals surface area (Å²) in [7, 11) is 0. The molecule has 0 fully saturated rings. The third-order valence-electron chi connectivity index (χ3n) is 2.82. The van der Waals surface area contributed by atoms with Gasteiger partial charge in [0.15, 0.2) is 5.82 Å². The van der Waals surface area contributed by atoms with Gasteiger partial charge in [-0.2, -0.15) is 0 Å². The number of nitrogens with one attached hydrogen (secondary N) is 1. The molecule has 0 atom stereocenters. The Kier molecular flexibility index (Phi) is 3.56. The molecule has 0 aliphatic heterocycles. The van der Waals surface area contributed by atoms with E-state index in [9.17, 15) is 13.6 Å². The number of nitrogens with two attached hydrogens (primary N) is 1. The lowest BCUT2D eigenvalue weighted by Gasteiger charge is -2.13. The van der Waals surface area contributed by atoms with E-state index in [2.05, 4.69) is 5.32 Å². The summed E-state index contributed by atoms with van der Waals surface area (Å²) in [6.07, 6.45) is 0. The van der Waals surface area contributed by atoms with Gasteiger partial charge in [-0.15, -0.1) is 0 Å². The number of carboxylic acid groups (broad SMARTS) is 1. The highest BCUT2D eigenvalue weighted by atomic mass is 19.1. The molecule has 0 saturated heterocycles. The smallest absolute Gasteiger partial charge is 0.337 e. The van der Waals surface area contributed by atoms with Gasteiger partial charge in [0.25, 0.3) is 0 Å². The maximum atomic E-state index is 13.9. The van der Waals surface area contributed by atoms with Crippen molar-refractivity contribution in [2.24, 2.45) is 0 Å². The van der Waals surface area contributed by atoms with E-state index in [0.29, 0.717) is 0 Å². The lowest BCUT2D eigenvalue weighted by atomic mass is 10.1. The largest absolute Gasteiger partial charge is 0.478 e. The Morgan fingerprint density at radius 1 is 1.25 bits per heavy atom. The van der Waals surface area contributed by atoms with E-state index in [1.54, 1.807) is 0 Å². The number of hydrogen-bond donors (Lipinski definition) is 3. The van der Waals surface area contributed by atoms with Gasteiger partial charge in [-0.05, 0) is 36.8 Å². The molecule has 0 heterocycles. The molecule has 2 rings (SSSR count). The van der Waals surface area contributed by atoms with Crippen LogP contribution in [0.15, 0.2) is 30.3 Å². The second-order valence-electron chi connectivity index (χ2n) is 4.29. The first-order chi connectivity index (χ1) is 9.40. The van der Waals surface area contributed by atoms with Gasteiger partial charge in [-0.3, -0.25) is 0 Å². The zero-order chi connectivity index (χ0) is 14.9. The first kappa shape index (κ1) is 13.8. The van der Waals surface area contributed by atoms with Crippen molar-refractivity contribution in [2.45, 2.75) is 6.92 Å². The summed E-state index contributed by atoms with van der Waals surface area (Å²) in [5.74, 6) is -2.81. The van der Waals surface area contributed by atoms with Crippen LogP contribution in [-0.4, -0.2) is 11.1 Å². The van der Waals surface area contributed by atoms with E-state index in [-0.39, 0.29) is 22.5 Å². The summed E-state index contributed by atoms with van der Waals surface area (Å²) in [5, 5.41) is 11.6. The molecule has 0 radical (unpaired) electrons. The van der Waals surface area contributed by atoms with Gasteiger partial charge in [0.2, 0.25) is 0 Å². The van der Waals surface area contributed by atoms with Gasteiger partial charge in [0.1, 0.15) is 11.5 Å². The van der Waals surface area contributed by atoms with Crippen molar-refractivity contribution >= 4 is 23.0 Å².